The highest BCUT2D eigenvalue weighted by Gasteiger charge is 2.13. The Morgan fingerprint density at radius 3 is 2.33 bits per heavy atom. The third kappa shape index (κ3) is 8.23. The molecule has 0 bridgehead atoms. The average molecular weight is 398 g/mol. The molecule has 0 fully saturated rings. The summed E-state index contributed by atoms with van der Waals surface area (Å²) in [6.45, 7) is 5.27. The molecule has 0 aromatic heterocycles. The van der Waals surface area contributed by atoms with Crippen molar-refractivity contribution in [2.24, 2.45) is 0 Å². The molecule has 1 aromatic rings. The number of amides is 3. The fourth-order valence-electron chi connectivity index (χ4n) is 1.77. The summed E-state index contributed by atoms with van der Waals surface area (Å²) in [4.78, 5) is 34.7. The van der Waals surface area contributed by atoms with Gasteiger partial charge in [-0.2, -0.15) is 0 Å². The Bertz CT molecular complexity index is 710. The van der Waals surface area contributed by atoms with Crippen molar-refractivity contribution in [1.29, 1.82) is 0 Å². The zero-order chi connectivity index (χ0) is 20.4. The maximum absolute atomic E-state index is 11.7. The molecule has 0 heterocycles. The van der Waals surface area contributed by atoms with Gasteiger partial charge in [0.05, 0.1) is 31.2 Å². The number of carbonyl (C=O) groups is 3. The molecular formula is C16H22N4O6S. The maximum Gasteiger partial charge on any atom is 0.413 e. The molecule has 10 nitrogen and oxygen atoms in total. The van der Waals surface area contributed by atoms with Gasteiger partial charge in [0.2, 0.25) is 0 Å². The van der Waals surface area contributed by atoms with Crippen LogP contribution in [0, 0.1) is 0 Å². The summed E-state index contributed by atoms with van der Waals surface area (Å²) < 4.78 is 14.3. The second-order valence-corrected chi connectivity index (χ2v) is 5.66. The van der Waals surface area contributed by atoms with Gasteiger partial charge < -0.3 is 19.5 Å². The minimum Gasteiger partial charge on any atom is -0.453 e. The van der Waals surface area contributed by atoms with Crippen molar-refractivity contribution in [3.8, 4) is 0 Å². The first-order valence-electron chi connectivity index (χ1n) is 7.96. The third-order valence-electron chi connectivity index (χ3n) is 2.77. The van der Waals surface area contributed by atoms with Crippen molar-refractivity contribution < 1.29 is 28.6 Å². The van der Waals surface area contributed by atoms with Crippen LogP contribution < -0.4 is 21.3 Å². The number of carbonyl (C=O) groups excluding carboxylic acids is 3. The Kier molecular flexibility index (Phi) is 8.79. The molecule has 0 aliphatic rings. The number of rotatable bonds is 5. The van der Waals surface area contributed by atoms with E-state index < -0.39 is 18.3 Å². The van der Waals surface area contributed by atoms with Crippen LogP contribution in [0.25, 0.3) is 0 Å². The van der Waals surface area contributed by atoms with E-state index in [4.69, 9.17) is 21.7 Å². The SMILES string of the molecule is CCOC(=O)NC(=S)Nc1cc(NC(=O)OC(C)C)ccc1NC(=O)OC. The van der Waals surface area contributed by atoms with E-state index in [-0.39, 0.29) is 17.8 Å². The number of hydrogen-bond donors (Lipinski definition) is 4. The van der Waals surface area contributed by atoms with E-state index in [9.17, 15) is 14.4 Å². The highest BCUT2D eigenvalue weighted by Crippen LogP contribution is 2.26. The number of alkyl carbamates (subject to hydrolysis) is 1. The standard InChI is InChI=1S/C16H22N4O6S/c1-5-25-15(22)20-13(27)18-12-8-10(17-16(23)26-9(2)3)6-7-11(12)19-14(21)24-4/h6-9H,5H2,1-4H3,(H,17,23)(H,19,21)(H2,18,20,22,27). The number of anilines is 3. The summed E-state index contributed by atoms with van der Waals surface area (Å²) in [5, 5.41) is 10.0. The molecule has 27 heavy (non-hydrogen) atoms. The first kappa shape index (κ1) is 22.0. The molecule has 1 rings (SSSR count). The summed E-state index contributed by atoms with van der Waals surface area (Å²) in [6, 6.07) is 4.54. The van der Waals surface area contributed by atoms with E-state index in [0.717, 1.165) is 0 Å². The van der Waals surface area contributed by atoms with Crippen LogP contribution in [-0.2, 0) is 14.2 Å². The zero-order valence-corrected chi connectivity index (χ0v) is 16.2. The minimum atomic E-state index is -0.729. The molecule has 0 spiro atoms. The normalized spacial score (nSPS) is 9.81. The Hall–Kier alpha value is -3.08. The molecule has 0 saturated heterocycles. The van der Waals surface area contributed by atoms with Crippen molar-refractivity contribution >= 4 is 52.7 Å². The fourth-order valence-corrected chi connectivity index (χ4v) is 1.96. The molecule has 11 heteroatoms. The summed E-state index contributed by atoms with van der Waals surface area (Å²) in [6.07, 6.45) is -2.37. The van der Waals surface area contributed by atoms with Crippen molar-refractivity contribution in [2.45, 2.75) is 26.9 Å². The van der Waals surface area contributed by atoms with Gasteiger partial charge in [-0.15, -0.1) is 0 Å². The molecule has 0 aliphatic heterocycles. The summed E-state index contributed by atoms with van der Waals surface area (Å²) in [7, 11) is 1.22. The van der Waals surface area contributed by atoms with E-state index in [1.54, 1.807) is 26.8 Å². The summed E-state index contributed by atoms with van der Waals surface area (Å²) in [5.74, 6) is 0. The van der Waals surface area contributed by atoms with Gasteiger partial charge in [0.15, 0.2) is 5.11 Å². The lowest BCUT2D eigenvalue weighted by molar-refractivity contribution is 0.130. The fraction of sp³-hybridized carbons (Fsp3) is 0.375. The molecule has 0 atom stereocenters. The molecule has 3 amide bonds. The Labute approximate surface area is 161 Å². The number of nitrogens with one attached hydrogen (secondary N) is 4. The van der Waals surface area contributed by atoms with E-state index in [0.29, 0.717) is 17.1 Å². The Morgan fingerprint density at radius 2 is 1.74 bits per heavy atom. The first-order valence-corrected chi connectivity index (χ1v) is 8.37. The average Bonchev–Trinajstić information content (AvgIpc) is 2.56. The van der Waals surface area contributed by atoms with E-state index in [1.165, 1.54) is 19.2 Å². The lowest BCUT2D eigenvalue weighted by Gasteiger charge is -2.16. The van der Waals surface area contributed by atoms with E-state index >= 15 is 0 Å². The van der Waals surface area contributed by atoms with E-state index in [2.05, 4.69) is 26.0 Å². The zero-order valence-electron chi connectivity index (χ0n) is 15.4. The van der Waals surface area contributed by atoms with Crippen LogP contribution in [0.3, 0.4) is 0 Å². The molecule has 1 aromatic carbocycles. The van der Waals surface area contributed by atoms with Gasteiger partial charge in [0.1, 0.15) is 0 Å². The predicted molar refractivity (Wildman–Crippen MR) is 104 cm³/mol. The highest BCUT2D eigenvalue weighted by atomic mass is 32.1. The van der Waals surface area contributed by atoms with Crippen molar-refractivity contribution in [2.75, 3.05) is 29.7 Å². The van der Waals surface area contributed by atoms with Gasteiger partial charge in [0, 0.05) is 5.69 Å². The van der Waals surface area contributed by atoms with Crippen LogP contribution >= 0.6 is 12.2 Å². The van der Waals surface area contributed by atoms with Gasteiger partial charge >= 0.3 is 18.3 Å². The largest absolute Gasteiger partial charge is 0.453 e. The number of benzene rings is 1. The third-order valence-corrected chi connectivity index (χ3v) is 2.97. The van der Waals surface area contributed by atoms with Crippen molar-refractivity contribution in [3.05, 3.63) is 18.2 Å². The van der Waals surface area contributed by atoms with Gasteiger partial charge in [-0.05, 0) is 51.2 Å². The van der Waals surface area contributed by atoms with Crippen LogP contribution in [0.1, 0.15) is 20.8 Å². The smallest absolute Gasteiger partial charge is 0.413 e. The highest BCUT2D eigenvalue weighted by molar-refractivity contribution is 7.80. The van der Waals surface area contributed by atoms with Crippen molar-refractivity contribution in [1.82, 2.24) is 5.32 Å². The van der Waals surface area contributed by atoms with Crippen LogP contribution in [0.15, 0.2) is 18.2 Å². The number of methoxy groups -OCH3 is 1. The van der Waals surface area contributed by atoms with Gasteiger partial charge in [0.25, 0.3) is 0 Å². The Morgan fingerprint density at radius 1 is 1.04 bits per heavy atom. The quantitative estimate of drug-likeness (QED) is 0.440. The van der Waals surface area contributed by atoms with Gasteiger partial charge in [-0.25, -0.2) is 14.4 Å². The van der Waals surface area contributed by atoms with Crippen LogP contribution in [0.2, 0.25) is 0 Å². The second-order valence-electron chi connectivity index (χ2n) is 5.26. The lowest BCUT2D eigenvalue weighted by atomic mass is 10.2. The van der Waals surface area contributed by atoms with Crippen LogP contribution in [0.5, 0.6) is 0 Å². The van der Waals surface area contributed by atoms with Crippen LogP contribution in [0.4, 0.5) is 31.4 Å². The van der Waals surface area contributed by atoms with E-state index in [1.807, 2.05) is 0 Å². The lowest BCUT2D eigenvalue weighted by Crippen LogP contribution is -2.34. The molecule has 0 aliphatic carbocycles. The molecule has 0 unspecified atom stereocenters. The predicted octanol–water partition coefficient (Wildman–Crippen LogP) is 3.26. The summed E-state index contributed by atoms with van der Waals surface area (Å²) >= 11 is 5.04. The molecule has 4 N–H and O–H groups in total. The topological polar surface area (TPSA) is 127 Å². The van der Waals surface area contributed by atoms with Crippen molar-refractivity contribution in [3.63, 3.8) is 0 Å². The molecule has 0 radical (unpaired) electrons. The maximum atomic E-state index is 11.7. The van der Waals surface area contributed by atoms with Crippen LogP contribution in [-0.4, -0.2) is 43.2 Å². The Balaban J connectivity index is 2.98. The minimum absolute atomic E-state index is 0.0664. The monoisotopic (exact) mass is 398 g/mol. The number of ether oxygens (including phenoxy) is 3. The first-order chi connectivity index (χ1) is 12.7. The second kappa shape index (κ2) is 10.8. The molecule has 148 valence electrons. The molecular weight excluding hydrogens is 376 g/mol. The number of thiocarbonyl (C=S) groups is 1. The van der Waals surface area contributed by atoms with Gasteiger partial charge in [-0.1, -0.05) is 0 Å². The van der Waals surface area contributed by atoms with Gasteiger partial charge in [-0.3, -0.25) is 16.0 Å². The molecule has 0 saturated carbocycles. The number of hydrogen-bond acceptors (Lipinski definition) is 7. The summed E-state index contributed by atoms with van der Waals surface area (Å²) in [5.41, 5.74) is 0.972.